The van der Waals surface area contributed by atoms with Crippen molar-refractivity contribution in [1.29, 1.82) is 0 Å². The number of fused-ring (bicyclic) bond motifs is 1. The highest BCUT2D eigenvalue weighted by atomic mass is 35.5. The average Bonchev–Trinajstić information content (AvgIpc) is 2.98. The lowest BCUT2D eigenvalue weighted by Crippen LogP contribution is -2.03. The van der Waals surface area contributed by atoms with E-state index in [-0.39, 0.29) is 5.91 Å². The van der Waals surface area contributed by atoms with Gasteiger partial charge in [0.1, 0.15) is 5.75 Å². The van der Waals surface area contributed by atoms with Gasteiger partial charge in [0.15, 0.2) is 0 Å². The summed E-state index contributed by atoms with van der Waals surface area (Å²) in [6.45, 7) is 0. The first-order valence-electron chi connectivity index (χ1n) is 8.22. The van der Waals surface area contributed by atoms with Gasteiger partial charge in [0.25, 0.3) is 5.91 Å². The summed E-state index contributed by atoms with van der Waals surface area (Å²) in [6.07, 6.45) is 1.83. The molecule has 0 saturated heterocycles. The number of benzene rings is 3. The third-order valence-electron chi connectivity index (χ3n) is 4.41. The van der Waals surface area contributed by atoms with E-state index in [9.17, 15) is 4.79 Å². The Morgan fingerprint density at radius 2 is 1.77 bits per heavy atom. The Kier molecular flexibility index (Phi) is 4.23. The summed E-state index contributed by atoms with van der Waals surface area (Å²) in [4.78, 5) is 12.5. The van der Waals surface area contributed by atoms with Crippen molar-refractivity contribution >= 4 is 34.8 Å². The van der Waals surface area contributed by atoms with Crippen molar-refractivity contribution in [2.75, 3.05) is 12.4 Å². The molecular formula is C22H16ClNO2. The van der Waals surface area contributed by atoms with Crippen LogP contribution in [-0.2, 0) is 4.79 Å². The van der Waals surface area contributed by atoms with Crippen LogP contribution in [-0.4, -0.2) is 13.0 Å². The Morgan fingerprint density at radius 3 is 2.58 bits per heavy atom. The normalized spacial score (nSPS) is 14.2. The van der Waals surface area contributed by atoms with Gasteiger partial charge in [-0.25, -0.2) is 0 Å². The Morgan fingerprint density at radius 1 is 0.962 bits per heavy atom. The molecule has 3 aromatic rings. The number of hydrogen-bond acceptors (Lipinski definition) is 2. The van der Waals surface area contributed by atoms with Crippen molar-refractivity contribution < 1.29 is 9.53 Å². The zero-order valence-corrected chi connectivity index (χ0v) is 14.9. The topological polar surface area (TPSA) is 38.3 Å². The number of amides is 1. The second kappa shape index (κ2) is 6.70. The summed E-state index contributed by atoms with van der Waals surface area (Å²) >= 11 is 6.22. The zero-order valence-electron chi connectivity index (χ0n) is 14.1. The van der Waals surface area contributed by atoms with Gasteiger partial charge >= 0.3 is 0 Å². The third-order valence-corrected chi connectivity index (χ3v) is 4.75. The molecule has 1 aliphatic heterocycles. The molecule has 0 aromatic heterocycles. The van der Waals surface area contributed by atoms with E-state index in [1.807, 2.05) is 72.8 Å². The van der Waals surface area contributed by atoms with Gasteiger partial charge in [-0.15, -0.1) is 0 Å². The number of carbonyl (C=O) groups excluding carboxylic acids is 1. The highest BCUT2D eigenvalue weighted by Gasteiger charge is 2.24. The summed E-state index contributed by atoms with van der Waals surface area (Å²) in [5.41, 5.74) is 5.16. The molecule has 0 aliphatic carbocycles. The van der Waals surface area contributed by atoms with Gasteiger partial charge in [0.05, 0.1) is 7.11 Å². The highest BCUT2D eigenvalue weighted by molar-refractivity contribution is 6.37. The van der Waals surface area contributed by atoms with Crippen LogP contribution in [0.3, 0.4) is 0 Å². The van der Waals surface area contributed by atoms with Crippen molar-refractivity contribution in [2.24, 2.45) is 0 Å². The summed E-state index contributed by atoms with van der Waals surface area (Å²) < 4.78 is 5.29. The number of carbonyl (C=O) groups is 1. The van der Waals surface area contributed by atoms with Crippen LogP contribution in [0, 0.1) is 0 Å². The minimum Gasteiger partial charge on any atom is -0.497 e. The first-order valence-corrected chi connectivity index (χ1v) is 8.60. The molecule has 4 rings (SSSR count). The molecule has 0 unspecified atom stereocenters. The number of rotatable bonds is 3. The van der Waals surface area contributed by atoms with Gasteiger partial charge in [0.2, 0.25) is 0 Å². The number of halogens is 1. The van der Waals surface area contributed by atoms with E-state index in [1.165, 1.54) is 0 Å². The zero-order chi connectivity index (χ0) is 18.1. The van der Waals surface area contributed by atoms with Crippen LogP contribution in [0.1, 0.15) is 11.1 Å². The van der Waals surface area contributed by atoms with E-state index in [4.69, 9.17) is 16.3 Å². The molecule has 0 spiro atoms. The molecule has 1 N–H and O–H groups in total. The van der Waals surface area contributed by atoms with Crippen molar-refractivity contribution in [3.63, 3.8) is 0 Å². The van der Waals surface area contributed by atoms with Crippen LogP contribution in [0.5, 0.6) is 5.75 Å². The maximum absolute atomic E-state index is 12.5. The molecule has 0 fully saturated rings. The van der Waals surface area contributed by atoms with Crippen LogP contribution >= 0.6 is 11.6 Å². The highest BCUT2D eigenvalue weighted by Crippen LogP contribution is 2.37. The molecule has 4 heteroatoms. The Balaban J connectivity index is 1.75. The second-order valence-electron chi connectivity index (χ2n) is 6.03. The lowest BCUT2D eigenvalue weighted by molar-refractivity contribution is -0.110. The van der Waals surface area contributed by atoms with E-state index in [0.717, 1.165) is 33.7 Å². The van der Waals surface area contributed by atoms with Crippen LogP contribution in [0.25, 0.3) is 22.8 Å². The van der Waals surface area contributed by atoms with E-state index < -0.39 is 0 Å². The van der Waals surface area contributed by atoms with Gasteiger partial charge in [-0.3, -0.25) is 4.79 Å². The minimum atomic E-state index is -0.122. The van der Waals surface area contributed by atoms with E-state index in [1.54, 1.807) is 7.11 Å². The molecule has 0 saturated carbocycles. The summed E-state index contributed by atoms with van der Waals surface area (Å²) in [5.74, 6) is 0.675. The molecule has 128 valence electrons. The van der Waals surface area contributed by atoms with Gasteiger partial charge in [-0.05, 0) is 47.0 Å². The first-order chi connectivity index (χ1) is 12.7. The number of nitrogens with one attached hydrogen (secondary N) is 1. The lowest BCUT2D eigenvalue weighted by atomic mass is 9.99. The summed E-state index contributed by atoms with van der Waals surface area (Å²) in [7, 11) is 1.65. The molecule has 1 aliphatic rings. The Bertz CT molecular complexity index is 1040. The van der Waals surface area contributed by atoms with E-state index in [2.05, 4.69) is 5.32 Å². The fraction of sp³-hybridized carbons (Fsp3) is 0.0455. The van der Waals surface area contributed by atoms with Crippen LogP contribution < -0.4 is 10.1 Å². The smallest absolute Gasteiger partial charge is 0.256 e. The van der Waals surface area contributed by atoms with Gasteiger partial charge in [-0.2, -0.15) is 0 Å². The van der Waals surface area contributed by atoms with E-state index in [0.29, 0.717) is 10.6 Å². The maximum Gasteiger partial charge on any atom is 0.256 e. The fourth-order valence-corrected chi connectivity index (χ4v) is 3.26. The number of hydrogen-bond donors (Lipinski definition) is 1. The number of ether oxygens (including phenoxy) is 1. The Hall–Kier alpha value is -3.04. The van der Waals surface area contributed by atoms with Crippen molar-refractivity contribution in [1.82, 2.24) is 0 Å². The van der Waals surface area contributed by atoms with Crippen molar-refractivity contribution in [3.8, 4) is 16.9 Å². The quantitative estimate of drug-likeness (QED) is 0.625. The van der Waals surface area contributed by atoms with Crippen molar-refractivity contribution in [3.05, 3.63) is 82.9 Å². The third kappa shape index (κ3) is 2.98. The summed E-state index contributed by atoms with van der Waals surface area (Å²) in [6, 6.07) is 21.3. The number of anilines is 1. The van der Waals surface area contributed by atoms with Crippen LogP contribution in [0.15, 0.2) is 66.7 Å². The lowest BCUT2D eigenvalue weighted by Gasteiger charge is -2.07. The predicted octanol–water partition coefficient (Wildman–Crippen LogP) is 5.51. The van der Waals surface area contributed by atoms with Crippen LogP contribution in [0.4, 0.5) is 5.69 Å². The molecule has 3 nitrogen and oxygen atoms in total. The number of methoxy groups -OCH3 is 1. The second-order valence-corrected chi connectivity index (χ2v) is 6.43. The van der Waals surface area contributed by atoms with E-state index >= 15 is 0 Å². The predicted molar refractivity (Wildman–Crippen MR) is 106 cm³/mol. The monoisotopic (exact) mass is 361 g/mol. The first kappa shape index (κ1) is 16.4. The van der Waals surface area contributed by atoms with Crippen molar-refractivity contribution in [2.45, 2.75) is 0 Å². The molecule has 0 bridgehead atoms. The minimum absolute atomic E-state index is 0.122. The van der Waals surface area contributed by atoms with Gasteiger partial charge < -0.3 is 10.1 Å². The van der Waals surface area contributed by atoms with Gasteiger partial charge in [-0.1, -0.05) is 54.1 Å². The molecule has 0 atom stereocenters. The molecule has 1 heterocycles. The molecule has 26 heavy (non-hydrogen) atoms. The molecule has 0 radical (unpaired) electrons. The maximum atomic E-state index is 12.5. The largest absolute Gasteiger partial charge is 0.497 e. The SMILES string of the molecule is COc1cccc(-c2ccc3c(c2)NC(=O)/C3=C/c2ccccc2Cl)c1. The standard InChI is InChI=1S/C22H16ClNO2/c1-26-17-7-4-6-14(11-17)15-9-10-18-19(22(25)24-21(18)13-15)12-16-5-2-3-8-20(16)23/h2-13H,1H3,(H,24,25)/b19-12+. The Labute approximate surface area is 156 Å². The molecular weight excluding hydrogens is 346 g/mol. The van der Waals surface area contributed by atoms with Gasteiger partial charge in [0, 0.05) is 21.8 Å². The van der Waals surface area contributed by atoms with Crippen LogP contribution in [0.2, 0.25) is 5.02 Å². The fourth-order valence-electron chi connectivity index (χ4n) is 3.07. The average molecular weight is 362 g/mol. The molecule has 3 aromatic carbocycles. The molecule has 1 amide bonds. The summed E-state index contributed by atoms with van der Waals surface area (Å²) in [5, 5.41) is 3.56.